The number of carbonyl (C=O) groups excluding carboxylic acids is 2. The number of piperazine rings is 1. The summed E-state index contributed by atoms with van der Waals surface area (Å²) in [5.74, 6) is 0.184. The zero-order valence-electron chi connectivity index (χ0n) is 21.7. The largest absolute Gasteiger partial charge is 0.368 e. The first-order valence-electron chi connectivity index (χ1n) is 13.6. The van der Waals surface area contributed by atoms with E-state index in [2.05, 4.69) is 22.3 Å². The summed E-state index contributed by atoms with van der Waals surface area (Å²) in [4.78, 5) is 48.0. The number of benzene rings is 2. The van der Waals surface area contributed by atoms with Crippen LogP contribution < -0.4 is 15.8 Å². The number of para-hydroxylation sites is 2. The first-order chi connectivity index (χ1) is 18.6. The summed E-state index contributed by atoms with van der Waals surface area (Å²) in [7, 11) is 0. The van der Waals surface area contributed by atoms with Crippen LogP contribution in [0.25, 0.3) is 10.9 Å². The molecule has 0 bridgehead atoms. The zero-order chi connectivity index (χ0) is 26.3. The molecule has 2 aliphatic rings. The highest BCUT2D eigenvalue weighted by Gasteiger charge is 2.22. The third-order valence-corrected chi connectivity index (χ3v) is 8.41. The molecule has 2 heterocycles. The van der Waals surface area contributed by atoms with E-state index in [1.165, 1.54) is 23.9 Å². The summed E-state index contributed by atoms with van der Waals surface area (Å²) in [5, 5.41) is 4.13. The van der Waals surface area contributed by atoms with Crippen LogP contribution in [-0.4, -0.2) is 64.2 Å². The molecule has 2 amide bonds. The highest BCUT2D eigenvalue weighted by Crippen LogP contribution is 2.21. The van der Waals surface area contributed by atoms with Crippen LogP contribution in [0.4, 0.5) is 5.69 Å². The fourth-order valence-electron chi connectivity index (χ4n) is 5.32. The maximum atomic E-state index is 13.4. The molecule has 8 nitrogen and oxygen atoms in total. The number of hydrogen-bond acceptors (Lipinski definition) is 6. The van der Waals surface area contributed by atoms with Crippen molar-refractivity contribution < 1.29 is 9.59 Å². The molecule has 1 saturated carbocycles. The van der Waals surface area contributed by atoms with Gasteiger partial charge in [0.25, 0.3) is 5.56 Å². The van der Waals surface area contributed by atoms with Gasteiger partial charge in [-0.3, -0.25) is 19.0 Å². The summed E-state index contributed by atoms with van der Waals surface area (Å²) < 4.78 is 1.57. The molecule has 1 aromatic heterocycles. The summed E-state index contributed by atoms with van der Waals surface area (Å²) in [6.45, 7) is 3.11. The maximum Gasteiger partial charge on any atom is 0.262 e. The molecule has 5 rings (SSSR count). The Morgan fingerprint density at radius 2 is 1.63 bits per heavy atom. The standard InChI is InChI=1S/C29H35N5O3S/c35-26(30-22-9-3-1-4-10-22)21-38-29-31-25-14-8-7-13-24(25)28(37)34(29)16-15-27(36)33-19-17-32(18-20-33)23-11-5-2-6-12-23/h2,5-8,11-14,22H,1,3-4,9-10,15-21H2,(H,30,35). The van der Waals surface area contributed by atoms with Gasteiger partial charge in [0.05, 0.1) is 16.7 Å². The Hall–Kier alpha value is -3.33. The van der Waals surface area contributed by atoms with E-state index in [0.29, 0.717) is 29.1 Å². The molecular formula is C29H35N5O3S. The third-order valence-electron chi connectivity index (χ3n) is 7.43. The van der Waals surface area contributed by atoms with Crippen molar-refractivity contribution in [2.75, 3.05) is 36.8 Å². The Morgan fingerprint density at radius 1 is 0.921 bits per heavy atom. The first kappa shape index (κ1) is 26.3. The molecule has 38 heavy (non-hydrogen) atoms. The molecule has 0 atom stereocenters. The second-order valence-electron chi connectivity index (χ2n) is 10.0. The molecule has 0 radical (unpaired) electrons. The molecular weight excluding hydrogens is 498 g/mol. The Balaban J connectivity index is 1.23. The van der Waals surface area contributed by atoms with Crippen LogP contribution in [0.5, 0.6) is 0 Å². The van der Waals surface area contributed by atoms with Crippen LogP contribution >= 0.6 is 11.8 Å². The third kappa shape index (κ3) is 6.38. The van der Waals surface area contributed by atoms with E-state index in [4.69, 9.17) is 4.98 Å². The maximum absolute atomic E-state index is 13.4. The number of amides is 2. The van der Waals surface area contributed by atoms with E-state index in [1.54, 1.807) is 10.6 Å². The van der Waals surface area contributed by atoms with Crippen molar-refractivity contribution in [3.05, 3.63) is 65.0 Å². The van der Waals surface area contributed by atoms with Crippen molar-refractivity contribution >= 4 is 40.2 Å². The SMILES string of the molecule is O=C(CSc1nc2ccccc2c(=O)n1CCC(=O)N1CCN(c2ccccc2)CC1)NC1CCCCC1. The summed E-state index contributed by atoms with van der Waals surface area (Å²) in [6, 6.07) is 17.7. The van der Waals surface area contributed by atoms with Crippen molar-refractivity contribution in [2.24, 2.45) is 0 Å². The number of anilines is 1. The molecule has 1 N–H and O–H groups in total. The van der Waals surface area contributed by atoms with Crippen molar-refractivity contribution in [2.45, 2.75) is 56.3 Å². The zero-order valence-corrected chi connectivity index (χ0v) is 22.5. The smallest absolute Gasteiger partial charge is 0.262 e. The van der Waals surface area contributed by atoms with Gasteiger partial charge in [-0.2, -0.15) is 0 Å². The highest BCUT2D eigenvalue weighted by molar-refractivity contribution is 7.99. The van der Waals surface area contributed by atoms with E-state index < -0.39 is 0 Å². The second kappa shape index (κ2) is 12.5. The predicted molar refractivity (Wildman–Crippen MR) is 152 cm³/mol. The number of aromatic nitrogens is 2. The number of nitrogens with one attached hydrogen (secondary N) is 1. The van der Waals surface area contributed by atoms with E-state index >= 15 is 0 Å². The monoisotopic (exact) mass is 533 g/mol. The van der Waals surface area contributed by atoms with Crippen molar-refractivity contribution in [3.8, 4) is 0 Å². The van der Waals surface area contributed by atoms with Gasteiger partial charge in [0, 0.05) is 50.9 Å². The van der Waals surface area contributed by atoms with Crippen molar-refractivity contribution in [3.63, 3.8) is 0 Å². The lowest BCUT2D eigenvalue weighted by Gasteiger charge is -2.36. The van der Waals surface area contributed by atoms with Gasteiger partial charge in [-0.1, -0.05) is 61.4 Å². The lowest BCUT2D eigenvalue weighted by molar-refractivity contribution is -0.131. The number of rotatable bonds is 8. The minimum Gasteiger partial charge on any atom is -0.368 e. The summed E-state index contributed by atoms with van der Waals surface area (Å²) in [5.41, 5.74) is 1.60. The van der Waals surface area contributed by atoms with Gasteiger partial charge >= 0.3 is 0 Å². The van der Waals surface area contributed by atoms with Crippen LogP contribution in [0.2, 0.25) is 0 Å². The van der Waals surface area contributed by atoms with Gasteiger partial charge in [0.2, 0.25) is 11.8 Å². The van der Waals surface area contributed by atoms with Gasteiger partial charge in [-0.15, -0.1) is 0 Å². The van der Waals surface area contributed by atoms with Gasteiger partial charge in [-0.05, 0) is 37.1 Å². The lowest BCUT2D eigenvalue weighted by atomic mass is 9.95. The minimum atomic E-state index is -0.174. The average molecular weight is 534 g/mol. The Morgan fingerprint density at radius 3 is 2.39 bits per heavy atom. The molecule has 3 aromatic rings. The Labute approximate surface area is 227 Å². The van der Waals surface area contributed by atoms with Crippen LogP contribution in [0.3, 0.4) is 0 Å². The number of carbonyl (C=O) groups is 2. The van der Waals surface area contributed by atoms with Gasteiger partial charge < -0.3 is 15.1 Å². The summed E-state index contributed by atoms with van der Waals surface area (Å²) in [6.07, 6.45) is 5.80. The van der Waals surface area contributed by atoms with Crippen molar-refractivity contribution in [1.82, 2.24) is 19.8 Å². The number of nitrogens with zero attached hydrogens (tertiary/aromatic N) is 4. The molecule has 200 valence electrons. The topological polar surface area (TPSA) is 87.5 Å². The van der Waals surface area contributed by atoms with Gasteiger partial charge in [-0.25, -0.2) is 4.98 Å². The molecule has 2 fully saturated rings. The molecule has 1 aliphatic heterocycles. The molecule has 0 spiro atoms. The summed E-state index contributed by atoms with van der Waals surface area (Å²) >= 11 is 1.27. The molecule has 0 unspecified atom stereocenters. The average Bonchev–Trinajstić information content (AvgIpc) is 2.96. The molecule has 1 aliphatic carbocycles. The quantitative estimate of drug-likeness (QED) is 0.351. The van der Waals surface area contributed by atoms with Gasteiger partial charge in [0.1, 0.15) is 0 Å². The molecule has 1 saturated heterocycles. The number of thioether (sulfide) groups is 1. The van der Waals surface area contributed by atoms with Crippen LogP contribution in [0.1, 0.15) is 38.5 Å². The lowest BCUT2D eigenvalue weighted by Crippen LogP contribution is -2.49. The molecule has 2 aromatic carbocycles. The van der Waals surface area contributed by atoms with Gasteiger partial charge in [0.15, 0.2) is 5.16 Å². The Bertz CT molecular complexity index is 1310. The first-order valence-corrected chi connectivity index (χ1v) is 14.6. The molecule has 9 heteroatoms. The van der Waals surface area contributed by atoms with E-state index in [1.807, 2.05) is 41.3 Å². The van der Waals surface area contributed by atoms with Crippen LogP contribution in [-0.2, 0) is 16.1 Å². The normalized spacial score (nSPS) is 16.5. The fraction of sp³-hybridized carbons (Fsp3) is 0.448. The number of hydrogen-bond donors (Lipinski definition) is 1. The van der Waals surface area contributed by atoms with E-state index in [-0.39, 0.29) is 42.1 Å². The highest BCUT2D eigenvalue weighted by atomic mass is 32.2. The van der Waals surface area contributed by atoms with E-state index in [9.17, 15) is 14.4 Å². The Kier molecular flexibility index (Phi) is 8.63. The van der Waals surface area contributed by atoms with Crippen LogP contribution in [0.15, 0.2) is 64.5 Å². The minimum absolute atomic E-state index is 0.0313. The fourth-order valence-corrected chi connectivity index (χ4v) is 6.16. The van der Waals surface area contributed by atoms with Crippen LogP contribution in [0, 0.1) is 0 Å². The predicted octanol–water partition coefficient (Wildman–Crippen LogP) is 3.68. The second-order valence-corrected chi connectivity index (χ2v) is 11.0. The van der Waals surface area contributed by atoms with Crippen molar-refractivity contribution in [1.29, 1.82) is 0 Å². The van der Waals surface area contributed by atoms with E-state index in [0.717, 1.165) is 38.8 Å². The number of fused-ring (bicyclic) bond motifs is 1.